The Morgan fingerprint density at radius 1 is 1.03 bits per heavy atom. The first-order valence-electron chi connectivity index (χ1n) is 13.0. The van der Waals surface area contributed by atoms with Crippen molar-refractivity contribution in [1.82, 2.24) is 4.90 Å². The molecule has 3 aromatic carbocycles. The molecule has 1 saturated heterocycles. The first kappa shape index (κ1) is 28.0. The van der Waals surface area contributed by atoms with Gasteiger partial charge in [0.2, 0.25) is 0 Å². The predicted octanol–water partition coefficient (Wildman–Crippen LogP) is 6.81. The number of nitrogens with one attached hydrogen (secondary N) is 1. The van der Waals surface area contributed by atoms with Crippen molar-refractivity contribution in [3.05, 3.63) is 88.8 Å². The van der Waals surface area contributed by atoms with Crippen molar-refractivity contribution in [2.24, 2.45) is 4.99 Å². The highest BCUT2D eigenvalue weighted by Crippen LogP contribution is 2.37. The number of aryl methyl sites for hydroxylation is 1. The Hall–Kier alpha value is -4.04. The number of carbonyl (C=O) groups excluding carboxylic acids is 2. The fraction of sp³-hybridized carbons (Fsp3) is 0.258. The second kappa shape index (κ2) is 13.2. The Labute approximate surface area is 233 Å². The highest BCUT2D eigenvalue weighted by molar-refractivity contribution is 8.18. The lowest BCUT2D eigenvalue weighted by molar-refractivity contribution is -0.123. The van der Waals surface area contributed by atoms with E-state index in [1.807, 2.05) is 93.6 Å². The number of carbonyl (C=O) groups is 2. The summed E-state index contributed by atoms with van der Waals surface area (Å²) in [5.41, 5.74) is 3.45. The van der Waals surface area contributed by atoms with Gasteiger partial charge in [0, 0.05) is 11.7 Å². The van der Waals surface area contributed by atoms with Gasteiger partial charge in [-0.3, -0.25) is 14.5 Å². The van der Waals surface area contributed by atoms with Crippen LogP contribution >= 0.6 is 11.8 Å². The summed E-state index contributed by atoms with van der Waals surface area (Å²) in [6.07, 6.45) is 2.65. The zero-order valence-corrected chi connectivity index (χ0v) is 23.5. The maximum Gasteiger partial charge on any atom is 0.266 e. The topological polar surface area (TPSA) is 80.2 Å². The summed E-state index contributed by atoms with van der Waals surface area (Å²) in [4.78, 5) is 32.9. The van der Waals surface area contributed by atoms with E-state index >= 15 is 0 Å². The second-order valence-electron chi connectivity index (χ2n) is 9.12. The summed E-state index contributed by atoms with van der Waals surface area (Å²) in [5, 5.41) is 3.47. The van der Waals surface area contributed by atoms with Crippen molar-refractivity contribution in [3.63, 3.8) is 0 Å². The van der Waals surface area contributed by atoms with E-state index in [1.54, 1.807) is 11.0 Å². The van der Waals surface area contributed by atoms with E-state index < -0.39 is 0 Å². The van der Waals surface area contributed by atoms with Crippen LogP contribution in [0.3, 0.4) is 0 Å². The number of thioether (sulfide) groups is 1. The Bertz CT molecular complexity index is 1370. The van der Waals surface area contributed by atoms with Gasteiger partial charge in [-0.15, -0.1) is 0 Å². The van der Waals surface area contributed by atoms with E-state index in [1.165, 1.54) is 11.8 Å². The lowest BCUT2D eigenvalue weighted by atomic mass is 10.1. The van der Waals surface area contributed by atoms with Crippen LogP contribution in [0.15, 0.2) is 82.7 Å². The number of amidine groups is 1. The third kappa shape index (κ3) is 7.29. The largest absolute Gasteiger partial charge is 0.490 e. The highest BCUT2D eigenvalue weighted by atomic mass is 32.2. The van der Waals surface area contributed by atoms with E-state index in [4.69, 9.17) is 14.5 Å². The van der Waals surface area contributed by atoms with Crippen molar-refractivity contribution in [1.29, 1.82) is 0 Å². The smallest absolute Gasteiger partial charge is 0.266 e. The maximum atomic E-state index is 13.4. The van der Waals surface area contributed by atoms with E-state index in [0.717, 1.165) is 23.2 Å². The van der Waals surface area contributed by atoms with Gasteiger partial charge in [-0.25, -0.2) is 4.99 Å². The van der Waals surface area contributed by atoms with Crippen LogP contribution in [0, 0.1) is 6.92 Å². The average Bonchev–Trinajstić information content (AvgIpc) is 3.23. The first-order chi connectivity index (χ1) is 18.9. The number of aliphatic imine (C=N–C) groups is 1. The van der Waals surface area contributed by atoms with Crippen LogP contribution < -0.4 is 14.8 Å². The Kier molecular flexibility index (Phi) is 9.44. The van der Waals surface area contributed by atoms with Gasteiger partial charge < -0.3 is 14.8 Å². The standard InChI is InChI=1S/C31H33N3O4S/c1-5-22(4)34-30(36)28(39-31(34)33-25-15-12-21(3)13-16-25)19-23-14-17-26(27(18-23)37-6-2)38-20-29(35)32-24-10-8-7-9-11-24/h7-19,22H,5-6,20H2,1-4H3,(H,32,35)/b28-19+,33-31?/t22-/m1/s1. The molecule has 1 N–H and O–H groups in total. The molecule has 2 amide bonds. The summed E-state index contributed by atoms with van der Waals surface area (Å²) in [6, 6.07) is 22.6. The maximum absolute atomic E-state index is 13.4. The molecule has 0 aliphatic carbocycles. The molecule has 1 aliphatic heterocycles. The molecular formula is C31H33N3O4S. The number of hydrogen-bond acceptors (Lipinski definition) is 6. The van der Waals surface area contributed by atoms with E-state index in [0.29, 0.717) is 33.9 Å². The Morgan fingerprint density at radius 3 is 2.46 bits per heavy atom. The minimum atomic E-state index is -0.270. The van der Waals surface area contributed by atoms with Crippen LogP contribution in [0.25, 0.3) is 6.08 Å². The van der Waals surface area contributed by atoms with Gasteiger partial charge in [0.25, 0.3) is 11.8 Å². The van der Waals surface area contributed by atoms with Crippen molar-refractivity contribution < 1.29 is 19.1 Å². The first-order valence-corrected chi connectivity index (χ1v) is 13.8. The number of nitrogens with zero attached hydrogens (tertiary/aromatic N) is 2. The SMILES string of the molecule is CCOc1cc(/C=C2/SC(=Nc3ccc(C)cc3)N([C@H](C)CC)C2=O)ccc1OCC(=O)Nc1ccccc1. The van der Waals surface area contributed by atoms with Crippen LogP contribution in [0.1, 0.15) is 38.3 Å². The molecule has 4 rings (SSSR count). The third-order valence-corrected chi connectivity index (χ3v) is 7.09. The molecule has 0 aromatic heterocycles. The molecule has 3 aromatic rings. The van der Waals surface area contributed by atoms with Crippen LogP contribution in [0.4, 0.5) is 11.4 Å². The number of para-hydroxylation sites is 1. The fourth-order valence-corrected chi connectivity index (χ4v) is 4.97. The molecule has 1 atom stereocenters. The lowest BCUT2D eigenvalue weighted by Crippen LogP contribution is -2.36. The summed E-state index contributed by atoms with van der Waals surface area (Å²) in [7, 11) is 0. The number of anilines is 1. The molecule has 8 heteroatoms. The molecule has 39 heavy (non-hydrogen) atoms. The van der Waals surface area contributed by atoms with E-state index in [9.17, 15) is 9.59 Å². The zero-order valence-electron chi connectivity index (χ0n) is 22.6. The molecule has 0 radical (unpaired) electrons. The third-order valence-electron chi connectivity index (χ3n) is 6.11. The molecule has 0 spiro atoms. The van der Waals surface area contributed by atoms with Crippen molar-refractivity contribution in [2.75, 3.05) is 18.5 Å². The molecule has 202 valence electrons. The minimum Gasteiger partial charge on any atom is -0.490 e. The Morgan fingerprint density at radius 2 is 1.77 bits per heavy atom. The number of rotatable bonds is 10. The molecule has 0 unspecified atom stereocenters. The van der Waals surface area contributed by atoms with Gasteiger partial charge in [-0.2, -0.15) is 0 Å². The van der Waals surface area contributed by atoms with Crippen molar-refractivity contribution in [2.45, 2.75) is 40.2 Å². The molecular weight excluding hydrogens is 510 g/mol. The van der Waals surface area contributed by atoms with Crippen molar-refractivity contribution in [3.8, 4) is 11.5 Å². The summed E-state index contributed by atoms with van der Waals surface area (Å²) in [6.45, 7) is 8.26. The molecule has 0 saturated carbocycles. The van der Waals surface area contributed by atoms with Crippen LogP contribution in [0.5, 0.6) is 11.5 Å². The van der Waals surface area contributed by atoms with Gasteiger partial charge in [0.05, 0.1) is 17.2 Å². The number of benzene rings is 3. The highest BCUT2D eigenvalue weighted by Gasteiger charge is 2.36. The normalized spacial score (nSPS) is 16.0. The fourth-order valence-electron chi connectivity index (χ4n) is 3.88. The van der Waals surface area contributed by atoms with Gasteiger partial charge in [-0.05, 0) is 87.0 Å². The number of hydrogen-bond donors (Lipinski definition) is 1. The van der Waals surface area contributed by atoms with Crippen LogP contribution in [-0.2, 0) is 9.59 Å². The Balaban J connectivity index is 1.53. The second-order valence-corrected chi connectivity index (χ2v) is 10.1. The average molecular weight is 544 g/mol. The molecule has 1 heterocycles. The minimum absolute atomic E-state index is 0.0110. The quantitative estimate of drug-likeness (QED) is 0.284. The molecule has 1 fully saturated rings. The summed E-state index contributed by atoms with van der Waals surface area (Å²) in [5.74, 6) is 0.613. The van der Waals surface area contributed by atoms with E-state index in [2.05, 4.69) is 12.2 Å². The zero-order chi connectivity index (χ0) is 27.8. The number of amides is 2. The van der Waals surface area contributed by atoms with Crippen LogP contribution in [-0.4, -0.2) is 41.1 Å². The monoisotopic (exact) mass is 543 g/mol. The molecule has 0 bridgehead atoms. The van der Waals surface area contributed by atoms with Crippen molar-refractivity contribution >= 4 is 46.2 Å². The van der Waals surface area contributed by atoms with E-state index in [-0.39, 0.29) is 24.5 Å². The number of ether oxygens (including phenoxy) is 2. The van der Waals surface area contributed by atoms with Gasteiger partial charge in [0.1, 0.15) is 0 Å². The van der Waals surface area contributed by atoms with Gasteiger partial charge in [-0.1, -0.05) is 48.9 Å². The lowest BCUT2D eigenvalue weighted by Gasteiger charge is -2.22. The van der Waals surface area contributed by atoms with Gasteiger partial charge in [0.15, 0.2) is 23.3 Å². The summed E-state index contributed by atoms with van der Waals surface area (Å²) >= 11 is 1.37. The molecule has 1 aliphatic rings. The van der Waals surface area contributed by atoms with Gasteiger partial charge >= 0.3 is 0 Å². The molecule has 7 nitrogen and oxygen atoms in total. The predicted molar refractivity (Wildman–Crippen MR) is 159 cm³/mol. The summed E-state index contributed by atoms with van der Waals surface area (Å²) < 4.78 is 11.6. The van der Waals surface area contributed by atoms with Crippen LogP contribution in [0.2, 0.25) is 0 Å².